The highest BCUT2D eigenvalue weighted by atomic mass is 14.7. The molecule has 0 N–H and O–H groups in total. The number of allylic oxidation sites excluding steroid dienone is 2. The molecule has 0 amide bonds. The van der Waals surface area contributed by atoms with E-state index in [2.05, 4.69) is 104 Å². The van der Waals surface area contributed by atoms with E-state index < -0.39 is 0 Å². The van der Waals surface area contributed by atoms with Gasteiger partial charge in [-0.1, -0.05) is 104 Å². The van der Waals surface area contributed by atoms with Crippen LogP contribution in [0.1, 0.15) is 77.6 Å². The number of rotatable bonds is 0. The van der Waals surface area contributed by atoms with Crippen molar-refractivity contribution < 1.29 is 0 Å². The van der Waals surface area contributed by atoms with Gasteiger partial charge >= 0.3 is 0 Å². The molecule has 0 nitrogen and oxygen atoms in total. The van der Waals surface area contributed by atoms with E-state index in [0.717, 1.165) is 23.7 Å². The molecule has 0 aromatic heterocycles. The molecule has 2 spiro atoms. The molecule has 2 saturated carbocycles. The van der Waals surface area contributed by atoms with Crippen LogP contribution in [0.2, 0.25) is 0 Å². The van der Waals surface area contributed by atoms with Crippen molar-refractivity contribution in [2.45, 2.75) is 66.2 Å². The molecule has 0 radical (unpaired) electrons. The molecular formula is C32H40. The first kappa shape index (κ1) is 20.8. The molecule has 6 rings (SSSR count). The Morgan fingerprint density at radius 1 is 0.438 bits per heavy atom. The second-order valence-electron chi connectivity index (χ2n) is 12.2. The Morgan fingerprint density at radius 3 is 1.03 bits per heavy atom. The highest BCUT2D eigenvalue weighted by Gasteiger charge is 2.68. The number of hydrogen-bond acceptors (Lipinski definition) is 0. The Kier molecular flexibility index (Phi) is 4.15. The summed E-state index contributed by atoms with van der Waals surface area (Å²) in [5.74, 6) is 5.49. The molecule has 2 unspecified atom stereocenters. The van der Waals surface area contributed by atoms with E-state index in [1.165, 1.54) is 0 Å². The molecule has 0 heteroatoms. The third-order valence-corrected chi connectivity index (χ3v) is 12.0. The Morgan fingerprint density at radius 2 is 0.719 bits per heavy atom. The van der Waals surface area contributed by atoms with Gasteiger partial charge in [0.05, 0.1) is 0 Å². The van der Waals surface area contributed by atoms with Crippen LogP contribution in [0.15, 0.2) is 48.5 Å². The van der Waals surface area contributed by atoms with E-state index in [9.17, 15) is 0 Å². The van der Waals surface area contributed by atoms with Crippen molar-refractivity contribution in [1.82, 2.24) is 0 Å². The monoisotopic (exact) mass is 424 g/mol. The van der Waals surface area contributed by atoms with Gasteiger partial charge in [-0.15, -0.1) is 0 Å². The maximum absolute atomic E-state index is 2.57. The van der Waals surface area contributed by atoms with Gasteiger partial charge in [-0.25, -0.2) is 0 Å². The summed E-state index contributed by atoms with van der Waals surface area (Å²) >= 11 is 0. The first-order valence-electron chi connectivity index (χ1n) is 13.2. The van der Waals surface area contributed by atoms with Crippen molar-refractivity contribution in [2.24, 2.45) is 47.3 Å². The van der Waals surface area contributed by atoms with Crippen LogP contribution in [0, 0.1) is 47.3 Å². The van der Waals surface area contributed by atoms with Crippen LogP contribution in [-0.2, 0) is 10.8 Å². The van der Waals surface area contributed by atoms with E-state index in [1.54, 1.807) is 33.4 Å². The maximum Gasteiger partial charge on any atom is 0.0274 e. The number of benzene rings is 2. The van der Waals surface area contributed by atoms with E-state index in [-0.39, 0.29) is 10.8 Å². The van der Waals surface area contributed by atoms with Crippen molar-refractivity contribution in [3.05, 3.63) is 70.8 Å². The minimum Gasteiger partial charge on any atom is -0.0619 e. The predicted octanol–water partition coefficient (Wildman–Crippen LogP) is 8.22. The van der Waals surface area contributed by atoms with Crippen molar-refractivity contribution >= 4 is 11.1 Å². The summed E-state index contributed by atoms with van der Waals surface area (Å²) in [5.41, 5.74) is 10.2. The fourth-order valence-electron chi connectivity index (χ4n) is 9.72. The molecule has 0 aliphatic heterocycles. The molecule has 10 atom stereocenters. The Bertz CT molecular complexity index is 1010. The highest BCUT2D eigenvalue weighted by Crippen LogP contribution is 2.76. The van der Waals surface area contributed by atoms with Crippen LogP contribution in [-0.4, -0.2) is 0 Å². The topological polar surface area (TPSA) is 0 Å². The van der Waals surface area contributed by atoms with Crippen LogP contribution in [0.4, 0.5) is 0 Å². The first-order valence-corrected chi connectivity index (χ1v) is 13.2. The van der Waals surface area contributed by atoms with Crippen LogP contribution in [0.3, 0.4) is 0 Å². The Labute approximate surface area is 195 Å². The predicted molar refractivity (Wildman–Crippen MR) is 136 cm³/mol. The lowest BCUT2D eigenvalue weighted by molar-refractivity contribution is 0.336. The van der Waals surface area contributed by atoms with E-state index in [4.69, 9.17) is 0 Å². The van der Waals surface area contributed by atoms with Gasteiger partial charge in [0.15, 0.2) is 0 Å². The van der Waals surface area contributed by atoms with Crippen molar-refractivity contribution in [3.63, 3.8) is 0 Å². The number of hydrogen-bond donors (Lipinski definition) is 0. The lowest BCUT2D eigenvalue weighted by Crippen LogP contribution is -2.36. The van der Waals surface area contributed by atoms with Crippen LogP contribution >= 0.6 is 0 Å². The first-order chi connectivity index (χ1) is 15.2. The van der Waals surface area contributed by atoms with E-state index in [0.29, 0.717) is 23.7 Å². The molecule has 2 aromatic carbocycles. The summed E-state index contributed by atoms with van der Waals surface area (Å²) in [4.78, 5) is 0. The van der Waals surface area contributed by atoms with Crippen LogP contribution in [0.5, 0.6) is 0 Å². The second-order valence-corrected chi connectivity index (χ2v) is 12.2. The maximum atomic E-state index is 2.57. The fourth-order valence-corrected chi connectivity index (χ4v) is 9.72. The highest BCUT2D eigenvalue weighted by molar-refractivity contribution is 6.11. The summed E-state index contributed by atoms with van der Waals surface area (Å²) in [6.45, 7) is 20.3. The van der Waals surface area contributed by atoms with Gasteiger partial charge in [-0.05, 0) is 80.7 Å². The average Bonchev–Trinajstić information content (AvgIpc) is 3.40. The molecule has 4 aliphatic rings. The van der Waals surface area contributed by atoms with Gasteiger partial charge in [0.25, 0.3) is 0 Å². The zero-order chi connectivity index (χ0) is 22.7. The Balaban J connectivity index is 1.78. The standard InChI is InChI=1S/C32H40/c1-17-18(2)22(6)31(21(17)5)27-15-11-9-13-25(27)30-29(31)26-14-10-12-16-28(26)32(30)23(7)19(3)20(4)24(32)8/h9-24H,1-8H3/t17-,18+,19-,20+,21-,22+,23-,24+,31?,32?. The molecular weight excluding hydrogens is 384 g/mol. The summed E-state index contributed by atoms with van der Waals surface area (Å²) in [5, 5.41) is 0. The lowest BCUT2D eigenvalue weighted by Gasteiger charge is -2.41. The molecule has 4 aliphatic carbocycles. The third kappa shape index (κ3) is 1.92. The molecule has 0 bridgehead atoms. The SMILES string of the molecule is C[C@@H]1[C@H](C)[C@H](C)C2(C3=C(c4ccccc42)C2(c4ccccc43)[C@H](C)[C@H](C)[C@H](C)[C@@H]2C)[C@@H]1C. The summed E-state index contributed by atoms with van der Waals surface area (Å²) < 4.78 is 0. The van der Waals surface area contributed by atoms with Gasteiger partial charge in [0.1, 0.15) is 0 Å². The largest absolute Gasteiger partial charge is 0.0619 e. The van der Waals surface area contributed by atoms with Gasteiger partial charge < -0.3 is 0 Å². The molecule has 2 aromatic rings. The summed E-state index contributed by atoms with van der Waals surface area (Å²) in [6.07, 6.45) is 0. The average molecular weight is 425 g/mol. The quantitative estimate of drug-likeness (QED) is 0.399. The summed E-state index contributed by atoms with van der Waals surface area (Å²) in [6, 6.07) is 19.2. The molecule has 32 heavy (non-hydrogen) atoms. The fraction of sp³-hybridized carbons (Fsp3) is 0.562. The van der Waals surface area contributed by atoms with Gasteiger partial charge in [0, 0.05) is 10.8 Å². The minimum atomic E-state index is 0.138. The normalized spacial score (nSPS) is 46.2. The van der Waals surface area contributed by atoms with Gasteiger partial charge in [-0.3, -0.25) is 0 Å². The molecule has 168 valence electrons. The smallest absolute Gasteiger partial charge is 0.0274 e. The van der Waals surface area contributed by atoms with Crippen molar-refractivity contribution in [1.29, 1.82) is 0 Å². The molecule has 2 fully saturated rings. The van der Waals surface area contributed by atoms with Gasteiger partial charge in [0.2, 0.25) is 0 Å². The van der Waals surface area contributed by atoms with E-state index in [1.807, 2.05) is 0 Å². The van der Waals surface area contributed by atoms with Crippen LogP contribution in [0.25, 0.3) is 11.1 Å². The number of fused-ring (bicyclic) bond motifs is 8. The third-order valence-electron chi connectivity index (χ3n) is 12.0. The second kappa shape index (κ2) is 6.40. The van der Waals surface area contributed by atoms with Crippen LogP contribution < -0.4 is 0 Å². The molecule has 0 heterocycles. The van der Waals surface area contributed by atoms with Crippen molar-refractivity contribution in [2.75, 3.05) is 0 Å². The van der Waals surface area contributed by atoms with E-state index >= 15 is 0 Å². The van der Waals surface area contributed by atoms with Crippen molar-refractivity contribution in [3.8, 4) is 0 Å². The zero-order valence-electron chi connectivity index (χ0n) is 21.2. The zero-order valence-corrected chi connectivity index (χ0v) is 21.2. The molecule has 0 saturated heterocycles. The lowest BCUT2D eigenvalue weighted by atomic mass is 9.62. The van der Waals surface area contributed by atoms with Gasteiger partial charge in [-0.2, -0.15) is 0 Å². The summed E-state index contributed by atoms with van der Waals surface area (Å²) in [7, 11) is 0. The Hall–Kier alpha value is -1.82. The minimum absolute atomic E-state index is 0.138.